The third-order valence-corrected chi connectivity index (χ3v) is 2.50. The molecule has 1 aromatic rings. The molecule has 1 aromatic carbocycles. The molecule has 0 saturated carbocycles. The smallest absolute Gasteiger partial charge is 0.255 e. The van der Waals surface area contributed by atoms with Crippen molar-refractivity contribution in [2.24, 2.45) is 5.73 Å². The Hall–Kier alpha value is -1.92. The molecule has 19 heavy (non-hydrogen) atoms. The molecule has 0 spiro atoms. The molecule has 2 amide bonds. The second kappa shape index (κ2) is 6.86. The number of benzene rings is 1. The summed E-state index contributed by atoms with van der Waals surface area (Å²) in [5.74, 6) is -0.572. The molecule has 1 unspecified atom stereocenters. The molecule has 0 aliphatic carbocycles. The third-order valence-electron chi connectivity index (χ3n) is 2.50. The van der Waals surface area contributed by atoms with Gasteiger partial charge in [-0.15, -0.1) is 0 Å². The molecule has 0 saturated heterocycles. The lowest BCUT2D eigenvalue weighted by Gasteiger charge is -2.16. The molecule has 1 rings (SSSR count). The summed E-state index contributed by atoms with van der Waals surface area (Å²) in [4.78, 5) is 25.2. The standard InChI is InChI=1S/C13H19N3O3/c1-16(2)13(18)9-6-4-5-7-11(9)15-12(17)10(14)8-19-3/h4-7,10H,8,14H2,1-3H3,(H,15,17). The van der Waals surface area contributed by atoms with Crippen LogP contribution in [0.25, 0.3) is 0 Å². The number of nitrogens with two attached hydrogens (primary N) is 1. The second-order valence-corrected chi connectivity index (χ2v) is 4.30. The number of rotatable bonds is 5. The van der Waals surface area contributed by atoms with Gasteiger partial charge in [-0.3, -0.25) is 9.59 Å². The molecule has 0 aromatic heterocycles. The van der Waals surface area contributed by atoms with Gasteiger partial charge < -0.3 is 20.7 Å². The summed E-state index contributed by atoms with van der Waals surface area (Å²) in [6.45, 7) is 0.121. The first-order valence-corrected chi connectivity index (χ1v) is 5.83. The lowest BCUT2D eigenvalue weighted by molar-refractivity contribution is -0.118. The maximum Gasteiger partial charge on any atom is 0.255 e. The van der Waals surface area contributed by atoms with Crippen LogP contribution in [0.5, 0.6) is 0 Å². The zero-order valence-electron chi connectivity index (χ0n) is 11.3. The zero-order valence-corrected chi connectivity index (χ0v) is 11.3. The van der Waals surface area contributed by atoms with Crippen molar-refractivity contribution in [3.05, 3.63) is 29.8 Å². The Balaban J connectivity index is 2.90. The van der Waals surface area contributed by atoms with Gasteiger partial charge in [-0.25, -0.2) is 0 Å². The average molecular weight is 265 g/mol. The maximum absolute atomic E-state index is 12.0. The Morgan fingerprint density at radius 3 is 2.58 bits per heavy atom. The van der Waals surface area contributed by atoms with E-state index in [9.17, 15) is 9.59 Å². The van der Waals surface area contributed by atoms with Crippen molar-refractivity contribution in [2.45, 2.75) is 6.04 Å². The summed E-state index contributed by atoms with van der Waals surface area (Å²) in [5.41, 5.74) is 6.49. The Labute approximate surface area is 112 Å². The number of nitrogens with one attached hydrogen (secondary N) is 1. The van der Waals surface area contributed by atoms with Crippen LogP contribution >= 0.6 is 0 Å². The van der Waals surface area contributed by atoms with Crippen molar-refractivity contribution in [3.8, 4) is 0 Å². The van der Waals surface area contributed by atoms with E-state index in [1.165, 1.54) is 12.0 Å². The molecule has 0 aliphatic heterocycles. The first-order valence-electron chi connectivity index (χ1n) is 5.83. The van der Waals surface area contributed by atoms with Gasteiger partial charge in [0.2, 0.25) is 5.91 Å². The van der Waals surface area contributed by atoms with Crippen LogP contribution in [-0.2, 0) is 9.53 Å². The van der Waals surface area contributed by atoms with Crippen molar-refractivity contribution < 1.29 is 14.3 Å². The SMILES string of the molecule is COCC(N)C(=O)Nc1ccccc1C(=O)N(C)C. The highest BCUT2D eigenvalue weighted by molar-refractivity contribution is 6.04. The fraction of sp³-hybridized carbons (Fsp3) is 0.385. The van der Waals surface area contributed by atoms with Gasteiger partial charge in [0.15, 0.2) is 0 Å². The van der Waals surface area contributed by atoms with Crippen LogP contribution < -0.4 is 11.1 Å². The molecule has 3 N–H and O–H groups in total. The van der Waals surface area contributed by atoms with Crippen LogP contribution in [0.3, 0.4) is 0 Å². The predicted molar refractivity (Wildman–Crippen MR) is 72.9 cm³/mol. The number of nitrogens with zero attached hydrogens (tertiary/aromatic N) is 1. The van der Waals surface area contributed by atoms with Crippen molar-refractivity contribution >= 4 is 17.5 Å². The Morgan fingerprint density at radius 1 is 1.37 bits per heavy atom. The number of anilines is 1. The van der Waals surface area contributed by atoms with Gasteiger partial charge in [0.25, 0.3) is 5.91 Å². The van der Waals surface area contributed by atoms with Gasteiger partial charge in [0, 0.05) is 21.2 Å². The van der Waals surface area contributed by atoms with E-state index in [0.717, 1.165) is 0 Å². The van der Waals surface area contributed by atoms with Gasteiger partial charge in [-0.1, -0.05) is 12.1 Å². The normalized spacial score (nSPS) is 11.8. The summed E-state index contributed by atoms with van der Waals surface area (Å²) in [7, 11) is 4.77. The molecule has 6 heteroatoms. The van der Waals surface area contributed by atoms with Crippen molar-refractivity contribution in [2.75, 3.05) is 33.1 Å². The van der Waals surface area contributed by atoms with E-state index < -0.39 is 6.04 Å². The number of hydrogen-bond donors (Lipinski definition) is 2. The highest BCUT2D eigenvalue weighted by Crippen LogP contribution is 2.16. The van der Waals surface area contributed by atoms with Gasteiger partial charge in [-0.05, 0) is 12.1 Å². The van der Waals surface area contributed by atoms with Crippen molar-refractivity contribution in [1.29, 1.82) is 0 Å². The fourth-order valence-corrected chi connectivity index (χ4v) is 1.50. The topological polar surface area (TPSA) is 84.7 Å². The highest BCUT2D eigenvalue weighted by Gasteiger charge is 2.17. The van der Waals surface area contributed by atoms with Crippen LogP contribution in [0.1, 0.15) is 10.4 Å². The number of amides is 2. The summed E-state index contributed by atoms with van der Waals surface area (Å²) < 4.78 is 4.82. The van der Waals surface area contributed by atoms with Gasteiger partial charge in [-0.2, -0.15) is 0 Å². The van der Waals surface area contributed by atoms with Crippen LogP contribution in [0.15, 0.2) is 24.3 Å². The van der Waals surface area contributed by atoms with Crippen molar-refractivity contribution in [3.63, 3.8) is 0 Å². The van der Waals surface area contributed by atoms with E-state index in [1.807, 2.05) is 0 Å². The van der Waals surface area contributed by atoms with Gasteiger partial charge in [0.05, 0.1) is 17.9 Å². The third kappa shape index (κ3) is 4.04. The lowest BCUT2D eigenvalue weighted by atomic mass is 10.1. The Kier molecular flexibility index (Phi) is 5.47. The van der Waals surface area contributed by atoms with E-state index in [-0.39, 0.29) is 18.4 Å². The first kappa shape index (κ1) is 15.1. The molecule has 104 valence electrons. The highest BCUT2D eigenvalue weighted by atomic mass is 16.5. The number of para-hydroxylation sites is 1. The largest absolute Gasteiger partial charge is 0.383 e. The van der Waals surface area contributed by atoms with E-state index in [2.05, 4.69) is 5.32 Å². The summed E-state index contributed by atoms with van der Waals surface area (Å²) >= 11 is 0. The van der Waals surface area contributed by atoms with Crippen LogP contribution in [0.4, 0.5) is 5.69 Å². The molecule has 0 aliphatic rings. The first-order chi connectivity index (χ1) is 8.97. The van der Waals surface area contributed by atoms with Gasteiger partial charge >= 0.3 is 0 Å². The molecule has 0 fully saturated rings. The predicted octanol–water partition coefficient (Wildman–Crippen LogP) is 0.301. The minimum Gasteiger partial charge on any atom is -0.383 e. The number of ether oxygens (including phenoxy) is 1. The van der Waals surface area contributed by atoms with Crippen molar-refractivity contribution in [1.82, 2.24) is 4.90 Å². The molecule has 0 bridgehead atoms. The minimum atomic E-state index is -0.771. The summed E-state index contributed by atoms with van der Waals surface area (Å²) in [5, 5.41) is 2.64. The number of carbonyl (C=O) groups excluding carboxylic acids is 2. The monoisotopic (exact) mass is 265 g/mol. The maximum atomic E-state index is 12.0. The van der Waals surface area contributed by atoms with E-state index in [4.69, 9.17) is 10.5 Å². The van der Waals surface area contributed by atoms with Crippen LogP contribution in [0.2, 0.25) is 0 Å². The Bertz CT molecular complexity index is 460. The average Bonchev–Trinajstić information content (AvgIpc) is 2.38. The molecule has 0 radical (unpaired) electrons. The van der Waals surface area contributed by atoms with Crippen LogP contribution in [-0.4, -0.2) is 50.6 Å². The minimum absolute atomic E-state index is 0.121. The number of hydrogen-bond acceptors (Lipinski definition) is 4. The fourth-order valence-electron chi connectivity index (χ4n) is 1.50. The van der Waals surface area contributed by atoms with E-state index in [0.29, 0.717) is 11.3 Å². The lowest BCUT2D eigenvalue weighted by Crippen LogP contribution is -2.39. The second-order valence-electron chi connectivity index (χ2n) is 4.30. The molecule has 1 atom stereocenters. The summed E-state index contributed by atoms with van der Waals surface area (Å²) in [6.07, 6.45) is 0. The number of methoxy groups -OCH3 is 1. The molecular formula is C13H19N3O3. The summed E-state index contributed by atoms with van der Waals surface area (Å²) in [6, 6.07) is 6.02. The van der Waals surface area contributed by atoms with E-state index in [1.54, 1.807) is 38.4 Å². The van der Waals surface area contributed by atoms with Gasteiger partial charge in [0.1, 0.15) is 6.04 Å². The molecular weight excluding hydrogens is 246 g/mol. The number of carbonyl (C=O) groups is 2. The Morgan fingerprint density at radius 2 is 2.00 bits per heavy atom. The molecule has 0 heterocycles. The quantitative estimate of drug-likeness (QED) is 0.802. The van der Waals surface area contributed by atoms with Crippen LogP contribution in [0, 0.1) is 0 Å². The molecule has 6 nitrogen and oxygen atoms in total. The zero-order chi connectivity index (χ0) is 14.4. The van der Waals surface area contributed by atoms with E-state index >= 15 is 0 Å².